The zero-order valence-corrected chi connectivity index (χ0v) is 19.6. The average Bonchev–Trinajstić information content (AvgIpc) is 3.57. The fourth-order valence-electron chi connectivity index (χ4n) is 5.19. The van der Waals surface area contributed by atoms with E-state index in [1.165, 1.54) is 31.6 Å². The van der Waals surface area contributed by atoms with Gasteiger partial charge in [-0.15, -0.1) is 0 Å². The molecule has 11 unspecified atom stereocenters. The number of phenolic OH excluding ortho intramolecular Hbond substituents is 1. The first kappa shape index (κ1) is 25.9. The van der Waals surface area contributed by atoms with Crippen LogP contribution in [0.5, 0.6) is 11.5 Å². The average molecular weight is 524 g/mol. The van der Waals surface area contributed by atoms with Crippen molar-refractivity contribution in [3.63, 3.8) is 0 Å². The van der Waals surface area contributed by atoms with E-state index in [1.54, 1.807) is 18.2 Å². The number of aliphatic hydroxyl groups is 5. The van der Waals surface area contributed by atoms with Crippen LogP contribution in [-0.4, -0.2) is 105 Å². The molecule has 4 aliphatic rings. The van der Waals surface area contributed by atoms with E-state index in [0.717, 1.165) is 0 Å². The maximum atomic E-state index is 12.6. The monoisotopic (exact) mass is 524 g/mol. The third-order valence-corrected chi connectivity index (χ3v) is 7.16. The van der Waals surface area contributed by atoms with Crippen LogP contribution in [0.3, 0.4) is 0 Å². The summed E-state index contributed by atoms with van der Waals surface area (Å²) in [5, 5.41) is 59.5. The quantitative estimate of drug-likeness (QED) is 0.135. The SMILES string of the molecule is COc1cc(C=CC(=O)OC2C3C=COC(OC4OC(O)C(O)C(O)C4O)C3C3(CO)OC23)ccc1O. The molecule has 1 aliphatic carbocycles. The molecule has 0 radical (unpaired) electrons. The normalized spacial score (nSPS) is 42.1. The number of hydrogen-bond acceptors (Lipinski definition) is 13. The summed E-state index contributed by atoms with van der Waals surface area (Å²) in [4.78, 5) is 12.6. The highest BCUT2D eigenvalue weighted by atomic mass is 16.8. The molecule has 1 saturated carbocycles. The highest BCUT2D eigenvalue weighted by Crippen LogP contribution is 2.60. The summed E-state index contributed by atoms with van der Waals surface area (Å²) in [6.07, 6.45) is -5.53. The first-order valence-corrected chi connectivity index (χ1v) is 11.6. The molecule has 13 nitrogen and oxygen atoms in total. The number of carbonyl (C=O) groups excluding carboxylic acids is 1. The van der Waals surface area contributed by atoms with Gasteiger partial charge < -0.3 is 59.1 Å². The van der Waals surface area contributed by atoms with Crippen LogP contribution in [0.4, 0.5) is 0 Å². The summed E-state index contributed by atoms with van der Waals surface area (Å²) in [6, 6.07) is 4.56. The summed E-state index contributed by atoms with van der Waals surface area (Å²) < 4.78 is 32.8. The Kier molecular flexibility index (Phi) is 6.89. The molecule has 3 heterocycles. The van der Waals surface area contributed by atoms with E-state index in [4.69, 9.17) is 28.4 Å². The van der Waals surface area contributed by atoms with Crippen LogP contribution in [0.25, 0.3) is 6.08 Å². The van der Waals surface area contributed by atoms with Gasteiger partial charge in [-0.05, 0) is 29.8 Å². The van der Waals surface area contributed by atoms with Crippen LogP contribution in [0.1, 0.15) is 5.56 Å². The van der Waals surface area contributed by atoms with Gasteiger partial charge in [0.25, 0.3) is 0 Å². The van der Waals surface area contributed by atoms with Gasteiger partial charge in [-0.2, -0.15) is 0 Å². The lowest BCUT2D eigenvalue weighted by molar-refractivity contribution is -0.371. The van der Waals surface area contributed by atoms with Crippen LogP contribution in [-0.2, 0) is 28.5 Å². The highest BCUT2D eigenvalue weighted by Gasteiger charge is 2.77. The number of ether oxygens (including phenoxy) is 6. The Hall–Kier alpha value is -2.75. The topological polar surface area (TPSA) is 197 Å². The number of epoxide rings is 1. The van der Waals surface area contributed by atoms with Crippen LogP contribution < -0.4 is 4.74 Å². The zero-order chi connectivity index (χ0) is 26.5. The predicted molar refractivity (Wildman–Crippen MR) is 119 cm³/mol. The number of phenols is 1. The minimum Gasteiger partial charge on any atom is -0.504 e. The summed E-state index contributed by atoms with van der Waals surface area (Å²) in [6.45, 7) is -0.439. The smallest absolute Gasteiger partial charge is 0.331 e. The molecule has 0 spiro atoms. The van der Waals surface area contributed by atoms with Crippen LogP contribution in [0.2, 0.25) is 0 Å². The van der Waals surface area contributed by atoms with E-state index in [1.807, 2.05) is 0 Å². The lowest BCUT2D eigenvalue weighted by Crippen LogP contribution is -2.59. The molecule has 202 valence electrons. The number of aliphatic hydroxyl groups excluding tert-OH is 5. The Labute approximate surface area is 210 Å². The lowest BCUT2D eigenvalue weighted by Gasteiger charge is -2.42. The van der Waals surface area contributed by atoms with E-state index >= 15 is 0 Å². The van der Waals surface area contributed by atoms with Crippen LogP contribution >= 0.6 is 0 Å². The second-order valence-electron chi connectivity index (χ2n) is 9.26. The van der Waals surface area contributed by atoms with E-state index in [9.17, 15) is 35.4 Å². The number of methoxy groups -OCH3 is 1. The summed E-state index contributed by atoms with van der Waals surface area (Å²) in [5.74, 6) is -1.68. The van der Waals surface area contributed by atoms with Gasteiger partial charge in [0, 0.05) is 12.0 Å². The Morgan fingerprint density at radius 3 is 2.65 bits per heavy atom. The fourth-order valence-corrected chi connectivity index (χ4v) is 5.19. The van der Waals surface area contributed by atoms with Crippen LogP contribution in [0, 0.1) is 11.8 Å². The number of benzene rings is 1. The molecule has 1 aromatic rings. The van der Waals surface area contributed by atoms with Crippen molar-refractivity contribution >= 4 is 12.0 Å². The van der Waals surface area contributed by atoms with E-state index in [0.29, 0.717) is 5.56 Å². The number of carbonyl (C=O) groups is 1. The van der Waals surface area contributed by atoms with Crippen molar-refractivity contribution in [2.24, 2.45) is 11.8 Å². The van der Waals surface area contributed by atoms with Gasteiger partial charge in [-0.1, -0.05) is 6.07 Å². The molecule has 3 aliphatic heterocycles. The van der Waals surface area contributed by atoms with Crippen molar-refractivity contribution in [1.82, 2.24) is 0 Å². The Bertz CT molecular complexity index is 1070. The highest BCUT2D eigenvalue weighted by molar-refractivity contribution is 5.87. The summed E-state index contributed by atoms with van der Waals surface area (Å²) in [7, 11) is 1.41. The second kappa shape index (κ2) is 9.85. The fraction of sp³-hybridized carbons (Fsp3) is 0.542. The van der Waals surface area contributed by atoms with Gasteiger partial charge in [0.05, 0.1) is 25.9 Å². The molecule has 0 bridgehead atoms. The molecule has 13 heteroatoms. The Balaban J connectivity index is 1.29. The van der Waals surface area contributed by atoms with Crippen molar-refractivity contribution in [1.29, 1.82) is 0 Å². The van der Waals surface area contributed by atoms with Gasteiger partial charge in [-0.3, -0.25) is 0 Å². The standard InChI is InChI=1S/C24H28O13/c1-32-13-8-10(2-4-12(13)26)3-5-14(27)34-19-11-6-7-33-22(15(11)24(9-25)20(19)37-24)36-23-18(30)16(28)17(29)21(31)35-23/h2-8,11,15-23,25-26,28-31H,9H2,1H3. The molecule has 2 saturated heterocycles. The number of fused-ring (bicyclic) bond motifs is 3. The van der Waals surface area contributed by atoms with E-state index in [-0.39, 0.29) is 11.5 Å². The molecule has 37 heavy (non-hydrogen) atoms. The number of rotatable bonds is 7. The third-order valence-electron chi connectivity index (χ3n) is 7.16. The second-order valence-corrected chi connectivity index (χ2v) is 9.26. The van der Waals surface area contributed by atoms with Crippen LogP contribution in [0.15, 0.2) is 36.6 Å². The molecular formula is C24H28O13. The lowest BCUT2D eigenvalue weighted by atomic mass is 9.85. The third kappa shape index (κ3) is 4.47. The number of aromatic hydroxyl groups is 1. The summed E-state index contributed by atoms with van der Waals surface area (Å²) in [5.41, 5.74) is -0.571. The molecule has 11 atom stereocenters. The first-order chi connectivity index (χ1) is 17.7. The molecular weight excluding hydrogens is 496 g/mol. The van der Waals surface area contributed by atoms with E-state index < -0.39 is 79.4 Å². The molecule has 6 N–H and O–H groups in total. The summed E-state index contributed by atoms with van der Waals surface area (Å²) >= 11 is 0. The van der Waals surface area contributed by atoms with Crippen molar-refractivity contribution in [2.45, 2.75) is 55.0 Å². The molecule has 3 fully saturated rings. The molecule has 0 aromatic heterocycles. The van der Waals surface area contributed by atoms with Gasteiger partial charge in [0.1, 0.15) is 36.1 Å². The molecule has 1 aromatic carbocycles. The Morgan fingerprint density at radius 2 is 1.92 bits per heavy atom. The molecule has 0 amide bonds. The zero-order valence-electron chi connectivity index (χ0n) is 19.6. The Morgan fingerprint density at radius 1 is 1.14 bits per heavy atom. The minimum atomic E-state index is -1.81. The van der Waals surface area contributed by atoms with Crippen molar-refractivity contribution in [3.05, 3.63) is 42.2 Å². The van der Waals surface area contributed by atoms with Gasteiger partial charge in [0.15, 0.2) is 24.1 Å². The van der Waals surface area contributed by atoms with E-state index in [2.05, 4.69) is 0 Å². The first-order valence-electron chi connectivity index (χ1n) is 11.6. The van der Waals surface area contributed by atoms with Gasteiger partial charge in [-0.25, -0.2) is 4.79 Å². The molecule has 5 rings (SSSR count). The van der Waals surface area contributed by atoms with Crippen molar-refractivity contribution in [3.8, 4) is 11.5 Å². The predicted octanol–water partition coefficient (Wildman–Crippen LogP) is -1.65. The largest absolute Gasteiger partial charge is 0.504 e. The maximum absolute atomic E-state index is 12.6. The van der Waals surface area contributed by atoms with Crippen molar-refractivity contribution in [2.75, 3.05) is 13.7 Å². The van der Waals surface area contributed by atoms with Gasteiger partial charge in [0.2, 0.25) is 6.29 Å². The minimum absolute atomic E-state index is 0.0418. The van der Waals surface area contributed by atoms with Crippen molar-refractivity contribution < 1.29 is 63.9 Å². The maximum Gasteiger partial charge on any atom is 0.331 e. The van der Waals surface area contributed by atoms with Gasteiger partial charge >= 0.3 is 5.97 Å². The number of hydrogen-bond donors (Lipinski definition) is 6. The number of esters is 1.